The molecule has 0 saturated heterocycles. The number of ether oxygens (including phenoxy) is 1. The largest absolute Gasteiger partial charge is 0.487 e. The van der Waals surface area contributed by atoms with Gasteiger partial charge in [-0.25, -0.2) is 5.43 Å². The Morgan fingerprint density at radius 2 is 2.08 bits per heavy atom. The molecule has 0 atom stereocenters. The average molecular weight is 365 g/mol. The maximum atomic E-state index is 12.0. The number of nitrogens with one attached hydrogen (secondary N) is 1. The summed E-state index contributed by atoms with van der Waals surface area (Å²) in [5.74, 6) is 1.49. The molecule has 2 heterocycles. The molecule has 1 N–H and O–H groups in total. The number of hydrazone groups is 1. The number of aryl methyl sites for hydroxylation is 2. The van der Waals surface area contributed by atoms with E-state index in [0.717, 1.165) is 11.1 Å². The van der Waals surface area contributed by atoms with Gasteiger partial charge in [-0.3, -0.25) is 4.79 Å². The summed E-state index contributed by atoms with van der Waals surface area (Å²) in [6.45, 7) is 3.82. The van der Waals surface area contributed by atoms with Crippen molar-refractivity contribution in [3.05, 3.63) is 56.5 Å². The SMILES string of the molecule is Cc1cc(C(=O)NN=CC2=Cc3cc(Cl)cc(Cl)c3OC2)c(C)o1. The fourth-order valence-corrected chi connectivity index (χ4v) is 2.97. The minimum atomic E-state index is -0.329. The van der Waals surface area contributed by atoms with Crippen molar-refractivity contribution < 1.29 is 13.9 Å². The lowest BCUT2D eigenvalue weighted by molar-refractivity contribution is 0.0953. The van der Waals surface area contributed by atoms with Crippen LogP contribution in [0.25, 0.3) is 6.08 Å². The Morgan fingerprint density at radius 1 is 1.29 bits per heavy atom. The van der Waals surface area contributed by atoms with Crippen LogP contribution in [0.1, 0.15) is 27.4 Å². The van der Waals surface area contributed by atoms with Crippen molar-refractivity contribution >= 4 is 41.4 Å². The number of rotatable bonds is 3. The molecule has 0 saturated carbocycles. The van der Waals surface area contributed by atoms with Gasteiger partial charge in [0.2, 0.25) is 0 Å². The molecule has 1 aliphatic heterocycles. The van der Waals surface area contributed by atoms with E-state index in [9.17, 15) is 4.79 Å². The first-order valence-electron chi connectivity index (χ1n) is 7.17. The Balaban J connectivity index is 1.72. The molecule has 124 valence electrons. The van der Waals surface area contributed by atoms with Crippen molar-refractivity contribution in [2.24, 2.45) is 5.10 Å². The molecule has 1 amide bonds. The maximum absolute atomic E-state index is 12.0. The number of benzene rings is 1. The summed E-state index contributed by atoms with van der Waals surface area (Å²) in [5, 5.41) is 4.94. The van der Waals surface area contributed by atoms with Gasteiger partial charge in [-0.05, 0) is 38.1 Å². The molecule has 3 rings (SSSR count). The molecule has 1 aromatic heterocycles. The van der Waals surface area contributed by atoms with E-state index >= 15 is 0 Å². The fraction of sp³-hybridized carbons (Fsp3) is 0.176. The van der Waals surface area contributed by atoms with E-state index in [2.05, 4.69) is 10.5 Å². The normalized spacial score (nSPS) is 13.4. The second-order valence-corrected chi connectivity index (χ2v) is 6.18. The van der Waals surface area contributed by atoms with Gasteiger partial charge in [0, 0.05) is 16.2 Å². The molecular formula is C17H14Cl2N2O3. The number of furan rings is 1. The molecule has 5 nitrogen and oxygen atoms in total. The number of carbonyl (C=O) groups excluding carboxylic acids is 1. The Bertz CT molecular complexity index is 869. The molecule has 0 spiro atoms. The summed E-state index contributed by atoms with van der Waals surface area (Å²) in [6, 6.07) is 5.06. The Morgan fingerprint density at radius 3 is 2.79 bits per heavy atom. The highest BCUT2D eigenvalue weighted by molar-refractivity contribution is 6.36. The number of hydrogen-bond donors (Lipinski definition) is 1. The minimum Gasteiger partial charge on any atom is -0.487 e. The van der Waals surface area contributed by atoms with Gasteiger partial charge in [0.05, 0.1) is 16.8 Å². The number of carbonyl (C=O) groups is 1. The molecule has 1 aliphatic rings. The molecule has 1 aromatic carbocycles. The highest BCUT2D eigenvalue weighted by Crippen LogP contribution is 2.36. The van der Waals surface area contributed by atoms with Crippen LogP contribution in [0.5, 0.6) is 5.75 Å². The van der Waals surface area contributed by atoms with Gasteiger partial charge in [0.15, 0.2) is 0 Å². The van der Waals surface area contributed by atoms with E-state index in [1.54, 1.807) is 32.0 Å². The number of nitrogens with zero attached hydrogens (tertiary/aromatic N) is 1. The second kappa shape index (κ2) is 6.71. The maximum Gasteiger partial charge on any atom is 0.274 e. The quantitative estimate of drug-likeness (QED) is 0.648. The first-order chi connectivity index (χ1) is 11.4. The monoisotopic (exact) mass is 364 g/mol. The predicted molar refractivity (Wildman–Crippen MR) is 94.1 cm³/mol. The summed E-state index contributed by atoms with van der Waals surface area (Å²) in [6.07, 6.45) is 3.39. The van der Waals surface area contributed by atoms with Crippen molar-refractivity contribution in [3.8, 4) is 5.75 Å². The number of hydrogen-bond acceptors (Lipinski definition) is 4. The van der Waals surface area contributed by atoms with E-state index < -0.39 is 0 Å². The Kier molecular flexibility index (Phi) is 4.64. The summed E-state index contributed by atoms with van der Waals surface area (Å²) in [4.78, 5) is 12.0. The third-order valence-electron chi connectivity index (χ3n) is 3.44. The average Bonchev–Trinajstić information content (AvgIpc) is 2.85. The molecule has 0 aliphatic carbocycles. The van der Waals surface area contributed by atoms with Gasteiger partial charge >= 0.3 is 0 Å². The third-order valence-corrected chi connectivity index (χ3v) is 3.94. The van der Waals surface area contributed by atoms with Gasteiger partial charge < -0.3 is 9.15 Å². The molecule has 0 bridgehead atoms. The molecular weight excluding hydrogens is 351 g/mol. The first-order valence-corrected chi connectivity index (χ1v) is 7.92. The molecule has 0 unspecified atom stereocenters. The highest BCUT2D eigenvalue weighted by atomic mass is 35.5. The van der Waals surface area contributed by atoms with E-state index in [0.29, 0.717) is 39.5 Å². The molecule has 0 radical (unpaired) electrons. The highest BCUT2D eigenvalue weighted by Gasteiger charge is 2.15. The molecule has 24 heavy (non-hydrogen) atoms. The number of halogens is 2. The van der Waals surface area contributed by atoms with Crippen LogP contribution in [0.2, 0.25) is 10.0 Å². The topological polar surface area (TPSA) is 63.8 Å². The number of amides is 1. The van der Waals surface area contributed by atoms with Crippen LogP contribution in [-0.2, 0) is 0 Å². The molecule has 2 aromatic rings. The van der Waals surface area contributed by atoms with Crippen LogP contribution in [-0.4, -0.2) is 18.7 Å². The van der Waals surface area contributed by atoms with Crippen LogP contribution in [0.4, 0.5) is 0 Å². The minimum absolute atomic E-state index is 0.303. The van der Waals surface area contributed by atoms with Crippen LogP contribution >= 0.6 is 23.2 Å². The van der Waals surface area contributed by atoms with E-state index in [1.807, 2.05) is 6.08 Å². The fourth-order valence-electron chi connectivity index (χ4n) is 2.40. The smallest absolute Gasteiger partial charge is 0.274 e. The van der Waals surface area contributed by atoms with E-state index in [-0.39, 0.29) is 5.91 Å². The van der Waals surface area contributed by atoms with Crippen molar-refractivity contribution in [1.82, 2.24) is 5.43 Å². The zero-order chi connectivity index (χ0) is 17.3. The van der Waals surface area contributed by atoms with Gasteiger partial charge in [0.1, 0.15) is 23.9 Å². The lowest BCUT2D eigenvalue weighted by Crippen LogP contribution is -2.18. The predicted octanol–water partition coefficient (Wildman–Crippen LogP) is 4.39. The zero-order valence-corrected chi connectivity index (χ0v) is 14.5. The van der Waals surface area contributed by atoms with Gasteiger partial charge in [0.25, 0.3) is 5.91 Å². The van der Waals surface area contributed by atoms with Crippen LogP contribution in [0, 0.1) is 13.8 Å². The Hall–Kier alpha value is -2.24. The van der Waals surface area contributed by atoms with Crippen LogP contribution < -0.4 is 10.2 Å². The van der Waals surface area contributed by atoms with Crippen LogP contribution in [0.3, 0.4) is 0 Å². The van der Waals surface area contributed by atoms with Gasteiger partial charge in [-0.2, -0.15) is 5.10 Å². The van der Waals surface area contributed by atoms with Crippen molar-refractivity contribution in [2.45, 2.75) is 13.8 Å². The third kappa shape index (κ3) is 3.47. The summed E-state index contributed by atoms with van der Waals surface area (Å²) >= 11 is 12.1. The summed E-state index contributed by atoms with van der Waals surface area (Å²) in [7, 11) is 0. The van der Waals surface area contributed by atoms with Gasteiger partial charge in [-0.15, -0.1) is 0 Å². The lowest BCUT2D eigenvalue weighted by atomic mass is 10.1. The van der Waals surface area contributed by atoms with Crippen molar-refractivity contribution in [1.29, 1.82) is 0 Å². The molecule has 7 heteroatoms. The summed E-state index contributed by atoms with van der Waals surface area (Å²) < 4.78 is 10.9. The Labute approximate surface area is 148 Å². The second-order valence-electron chi connectivity index (χ2n) is 5.34. The van der Waals surface area contributed by atoms with Crippen LogP contribution in [0.15, 0.2) is 33.3 Å². The van der Waals surface area contributed by atoms with E-state index in [1.165, 1.54) is 6.21 Å². The zero-order valence-electron chi connectivity index (χ0n) is 13.0. The van der Waals surface area contributed by atoms with Crippen molar-refractivity contribution in [2.75, 3.05) is 6.61 Å². The molecule has 0 fully saturated rings. The first kappa shape index (κ1) is 16.6. The number of fused-ring (bicyclic) bond motifs is 1. The lowest BCUT2D eigenvalue weighted by Gasteiger charge is -2.17. The standard InChI is InChI=1S/C17H14Cl2N2O3/c1-9-3-14(10(2)24-9)17(22)21-20-7-11-4-12-5-13(18)6-15(19)16(12)23-8-11/h3-7H,8H2,1-2H3,(H,21,22). The van der Waals surface area contributed by atoms with E-state index in [4.69, 9.17) is 32.4 Å². The summed E-state index contributed by atoms with van der Waals surface area (Å²) in [5.41, 5.74) is 4.48. The van der Waals surface area contributed by atoms with Gasteiger partial charge in [-0.1, -0.05) is 23.2 Å². The van der Waals surface area contributed by atoms with Crippen molar-refractivity contribution in [3.63, 3.8) is 0 Å².